The topological polar surface area (TPSA) is 128 Å². The number of esters is 1. The standard InChI is InChI=1S/C21H26N4O6/c1-12-7-13(2)11-24(10-12)17-6-5-16(9-18(17)25(28)29)21(27)30-15(4)20(26)22-19-8-14(3)31-23-19/h5-6,8-9,12-13,15H,7,10-11H2,1-4H3,(H,22,23,26). The zero-order valence-electron chi connectivity index (χ0n) is 18.0. The predicted octanol–water partition coefficient (Wildman–Crippen LogP) is 3.56. The molecule has 0 bridgehead atoms. The zero-order valence-corrected chi connectivity index (χ0v) is 18.0. The molecule has 3 rings (SSSR count). The van der Waals surface area contributed by atoms with Crippen molar-refractivity contribution < 1.29 is 23.8 Å². The minimum Gasteiger partial charge on any atom is -0.449 e. The Kier molecular flexibility index (Phi) is 6.57. The highest BCUT2D eigenvalue weighted by Gasteiger charge is 2.29. The summed E-state index contributed by atoms with van der Waals surface area (Å²) in [5.74, 6) is 0.139. The molecule has 2 heterocycles. The van der Waals surface area contributed by atoms with Crippen LogP contribution in [0.5, 0.6) is 0 Å². The average molecular weight is 430 g/mol. The van der Waals surface area contributed by atoms with Gasteiger partial charge in [0.15, 0.2) is 11.9 Å². The molecule has 10 heteroatoms. The van der Waals surface area contributed by atoms with Crippen molar-refractivity contribution in [3.05, 3.63) is 45.7 Å². The highest BCUT2D eigenvalue weighted by atomic mass is 16.6. The minimum atomic E-state index is -1.13. The number of rotatable bonds is 6. The normalized spacial score (nSPS) is 19.5. The summed E-state index contributed by atoms with van der Waals surface area (Å²) in [5, 5.41) is 17.8. The van der Waals surface area contributed by atoms with Crippen LogP contribution in [0.1, 0.15) is 43.3 Å². The Hall–Kier alpha value is -3.43. The van der Waals surface area contributed by atoms with Gasteiger partial charge in [0, 0.05) is 25.2 Å². The highest BCUT2D eigenvalue weighted by molar-refractivity contribution is 5.97. The van der Waals surface area contributed by atoms with Gasteiger partial charge in [-0.3, -0.25) is 14.9 Å². The lowest BCUT2D eigenvalue weighted by Gasteiger charge is -2.36. The molecule has 3 unspecified atom stereocenters. The molecule has 1 aliphatic rings. The summed E-state index contributed by atoms with van der Waals surface area (Å²) in [4.78, 5) is 37.9. The largest absolute Gasteiger partial charge is 0.449 e. The molecule has 2 aromatic rings. The molecule has 31 heavy (non-hydrogen) atoms. The third-order valence-corrected chi connectivity index (χ3v) is 5.15. The fourth-order valence-corrected chi connectivity index (χ4v) is 3.86. The van der Waals surface area contributed by atoms with Crippen LogP contribution in [0, 0.1) is 28.9 Å². The number of carbonyl (C=O) groups is 2. The number of amides is 1. The first-order valence-electron chi connectivity index (χ1n) is 10.1. The van der Waals surface area contributed by atoms with Crippen molar-refractivity contribution in [3.8, 4) is 0 Å². The molecule has 0 radical (unpaired) electrons. The zero-order chi connectivity index (χ0) is 22.7. The second-order valence-electron chi connectivity index (χ2n) is 8.17. The molecule has 1 amide bonds. The number of carbonyl (C=O) groups excluding carboxylic acids is 2. The van der Waals surface area contributed by atoms with E-state index in [1.54, 1.807) is 13.0 Å². The predicted molar refractivity (Wildman–Crippen MR) is 113 cm³/mol. The molecule has 166 valence electrons. The number of nitro benzene ring substituents is 1. The molecule has 1 N–H and O–H groups in total. The van der Waals surface area contributed by atoms with Crippen LogP contribution in [0.3, 0.4) is 0 Å². The van der Waals surface area contributed by atoms with E-state index in [-0.39, 0.29) is 17.1 Å². The van der Waals surface area contributed by atoms with Crippen LogP contribution >= 0.6 is 0 Å². The number of anilines is 2. The molecule has 1 aromatic carbocycles. The van der Waals surface area contributed by atoms with E-state index >= 15 is 0 Å². The van der Waals surface area contributed by atoms with Crippen LogP contribution in [0.25, 0.3) is 0 Å². The number of aromatic nitrogens is 1. The number of aryl methyl sites for hydroxylation is 1. The molecule has 10 nitrogen and oxygen atoms in total. The van der Waals surface area contributed by atoms with Gasteiger partial charge in [-0.1, -0.05) is 19.0 Å². The number of benzene rings is 1. The first-order chi connectivity index (χ1) is 14.6. The van der Waals surface area contributed by atoms with Crippen LogP contribution in [-0.4, -0.2) is 41.1 Å². The lowest BCUT2D eigenvalue weighted by Crippen LogP contribution is -2.39. The van der Waals surface area contributed by atoms with Crippen molar-refractivity contribution in [3.63, 3.8) is 0 Å². The van der Waals surface area contributed by atoms with Crippen molar-refractivity contribution in [2.75, 3.05) is 23.3 Å². The third kappa shape index (κ3) is 5.39. The fraction of sp³-hybridized carbons (Fsp3) is 0.476. The second-order valence-corrected chi connectivity index (χ2v) is 8.17. The van der Waals surface area contributed by atoms with E-state index in [1.165, 1.54) is 25.1 Å². The molecular formula is C21H26N4O6. The van der Waals surface area contributed by atoms with Gasteiger partial charge in [0.25, 0.3) is 11.6 Å². The van der Waals surface area contributed by atoms with Gasteiger partial charge in [-0.15, -0.1) is 0 Å². The van der Waals surface area contributed by atoms with Gasteiger partial charge < -0.3 is 19.5 Å². The molecule has 1 fully saturated rings. The Bertz CT molecular complexity index is 978. The molecule has 1 aliphatic heterocycles. The van der Waals surface area contributed by atoms with Gasteiger partial charge in [-0.2, -0.15) is 0 Å². The average Bonchev–Trinajstić information content (AvgIpc) is 3.11. The van der Waals surface area contributed by atoms with Crippen molar-refractivity contribution in [2.45, 2.75) is 40.2 Å². The first kappa shape index (κ1) is 22.3. The molecule has 0 saturated carbocycles. The molecule has 0 aliphatic carbocycles. The maximum atomic E-state index is 12.5. The SMILES string of the molecule is Cc1cc(NC(=O)C(C)OC(=O)c2ccc(N3CC(C)CC(C)C3)c([N+](=O)[O-])c2)no1. The van der Waals surface area contributed by atoms with Gasteiger partial charge in [-0.05, 0) is 44.2 Å². The number of nitrogens with one attached hydrogen (secondary N) is 1. The third-order valence-electron chi connectivity index (χ3n) is 5.15. The van der Waals surface area contributed by atoms with E-state index in [9.17, 15) is 19.7 Å². The number of piperidine rings is 1. The van der Waals surface area contributed by atoms with Crippen LogP contribution in [0.2, 0.25) is 0 Å². The van der Waals surface area contributed by atoms with E-state index in [0.29, 0.717) is 36.4 Å². The van der Waals surface area contributed by atoms with Crippen LogP contribution in [0.4, 0.5) is 17.2 Å². The summed E-state index contributed by atoms with van der Waals surface area (Å²) in [5.41, 5.74) is 0.323. The summed E-state index contributed by atoms with van der Waals surface area (Å²) in [6, 6.07) is 5.78. The molecule has 1 saturated heterocycles. The molecular weight excluding hydrogens is 404 g/mol. The van der Waals surface area contributed by atoms with E-state index in [0.717, 1.165) is 6.42 Å². The van der Waals surface area contributed by atoms with Gasteiger partial charge >= 0.3 is 5.97 Å². The molecule has 3 atom stereocenters. The Morgan fingerprint density at radius 2 is 1.97 bits per heavy atom. The summed E-state index contributed by atoms with van der Waals surface area (Å²) in [6.45, 7) is 8.74. The number of nitrogens with zero attached hydrogens (tertiary/aromatic N) is 3. The highest BCUT2D eigenvalue weighted by Crippen LogP contribution is 2.34. The van der Waals surface area contributed by atoms with E-state index in [2.05, 4.69) is 24.3 Å². The summed E-state index contributed by atoms with van der Waals surface area (Å²) < 4.78 is 10.1. The van der Waals surface area contributed by atoms with E-state index in [4.69, 9.17) is 9.26 Å². The quantitative estimate of drug-likeness (QED) is 0.419. The number of hydrogen-bond acceptors (Lipinski definition) is 8. The van der Waals surface area contributed by atoms with Crippen LogP contribution < -0.4 is 10.2 Å². The van der Waals surface area contributed by atoms with Crippen molar-refractivity contribution >= 4 is 29.1 Å². The van der Waals surface area contributed by atoms with Crippen LogP contribution in [-0.2, 0) is 9.53 Å². The van der Waals surface area contributed by atoms with Crippen molar-refractivity contribution in [1.29, 1.82) is 0 Å². The Labute approximate surface area is 179 Å². The molecule has 0 spiro atoms. The van der Waals surface area contributed by atoms with Gasteiger partial charge in [0.2, 0.25) is 0 Å². The minimum absolute atomic E-state index is 0.00508. The summed E-state index contributed by atoms with van der Waals surface area (Å²) in [7, 11) is 0. The van der Waals surface area contributed by atoms with E-state index < -0.39 is 22.9 Å². The maximum Gasteiger partial charge on any atom is 0.339 e. The molecule has 1 aromatic heterocycles. The van der Waals surface area contributed by atoms with Gasteiger partial charge in [0.1, 0.15) is 11.4 Å². The number of hydrogen-bond donors (Lipinski definition) is 1. The van der Waals surface area contributed by atoms with Crippen molar-refractivity contribution in [1.82, 2.24) is 5.16 Å². The second kappa shape index (κ2) is 9.15. The van der Waals surface area contributed by atoms with Gasteiger partial charge in [0.05, 0.1) is 10.5 Å². The van der Waals surface area contributed by atoms with Crippen molar-refractivity contribution in [2.24, 2.45) is 11.8 Å². The maximum absolute atomic E-state index is 12.5. The van der Waals surface area contributed by atoms with E-state index in [1.807, 2.05) is 4.90 Å². The smallest absolute Gasteiger partial charge is 0.339 e. The summed E-state index contributed by atoms with van der Waals surface area (Å²) >= 11 is 0. The first-order valence-corrected chi connectivity index (χ1v) is 10.1. The lowest BCUT2D eigenvalue weighted by molar-refractivity contribution is -0.384. The Morgan fingerprint density at radius 3 is 2.55 bits per heavy atom. The fourth-order valence-electron chi connectivity index (χ4n) is 3.86. The number of ether oxygens (including phenoxy) is 1. The Morgan fingerprint density at radius 1 is 1.29 bits per heavy atom. The Balaban J connectivity index is 1.73. The number of nitro groups is 1. The van der Waals surface area contributed by atoms with Crippen LogP contribution in [0.15, 0.2) is 28.8 Å². The lowest BCUT2D eigenvalue weighted by atomic mass is 9.91. The van der Waals surface area contributed by atoms with Gasteiger partial charge in [-0.25, -0.2) is 4.79 Å². The monoisotopic (exact) mass is 430 g/mol. The summed E-state index contributed by atoms with van der Waals surface area (Å²) in [6.07, 6.45) is -0.0604.